The van der Waals surface area contributed by atoms with Gasteiger partial charge in [0.05, 0.1) is 14.2 Å². The first kappa shape index (κ1) is 99.9. The lowest BCUT2D eigenvalue weighted by atomic mass is 10.00. The minimum atomic E-state index is -3.98. The van der Waals surface area contributed by atoms with Crippen LogP contribution < -0.4 is 20.5 Å². The van der Waals surface area contributed by atoms with Crippen molar-refractivity contribution in [1.29, 1.82) is 0 Å². The third-order valence-corrected chi connectivity index (χ3v) is 18.6. The molecule has 3 N–H and O–H groups in total. The molecule has 0 radical (unpaired) electrons. The molecule has 592 valence electrons. The van der Waals surface area contributed by atoms with Crippen molar-refractivity contribution in [2.75, 3.05) is 31.0 Å². The van der Waals surface area contributed by atoms with Gasteiger partial charge in [0.2, 0.25) is 0 Å². The fourth-order valence-corrected chi connectivity index (χ4v) is 13.0. The van der Waals surface area contributed by atoms with E-state index >= 15 is 0 Å². The number of nitrogens with one attached hydrogen (secondary N) is 1. The highest BCUT2D eigenvalue weighted by atomic mass is 35.5. The summed E-state index contributed by atoms with van der Waals surface area (Å²) in [4.78, 5) is 2.92. The monoisotopic (exact) mass is 1530 g/mol. The minimum absolute atomic E-state index is 0.0995. The van der Waals surface area contributed by atoms with Gasteiger partial charge in [-0.15, -0.1) is 23.1 Å². The molecular formula is C95H136ClF5N2O2S2. The number of thiophene rings is 1. The van der Waals surface area contributed by atoms with Gasteiger partial charge in [-0.1, -0.05) is 290 Å². The first-order chi connectivity index (χ1) is 50.1. The first-order valence-electron chi connectivity index (χ1n) is 38.2. The molecule has 0 aliphatic carbocycles. The SMILES string of the molecule is CC(C)CC(F)(F)F.CC(C)Cc1ccccc1.CC(C)Nc1cccc(F)c1C(C)C.CC(C)c1ccc(Cl)cc1.CC(C)c1ccccc1F.CC(C)c1ccccc1N.CCSc1ccccc1C(C)C.COc1ccc(OC)c(C(C)C)c1.Cc1ccc(C(C)C)cc1.Cc1csc(C)c1C(C)C. The van der Waals surface area contributed by atoms with Gasteiger partial charge in [-0.05, 0) is 217 Å². The molecule has 0 aliphatic heterocycles. The number of ether oxygens (including phenoxy) is 2. The molecule has 0 spiro atoms. The van der Waals surface area contributed by atoms with Crippen molar-refractivity contribution in [3.8, 4) is 11.5 Å². The molecule has 0 aliphatic rings. The van der Waals surface area contributed by atoms with Gasteiger partial charge in [0.1, 0.15) is 23.1 Å². The van der Waals surface area contributed by atoms with Gasteiger partial charge >= 0.3 is 6.18 Å². The van der Waals surface area contributed by atoms with E-state index < -0.39 is 12.6 Å². The number of methoxy groups -OCH3 is 2. The second kappa shape index (κ2) is 54.5. The zero-order valence-corrected chi connectivity index (χ0v) is 72.8. The molecule has 0 fully saturated rings. The number of hydrogen-bond donors (Lipinski definition) is 2. The summed E-state index contributed by atoms with van der Waals surface area (Å²) in [6, 6.07) is 62.2. The van der Waals surface area contributed by atoms with Gasteiger partial charge in [-0.2, -0.15) is 13.2 Å². The minimum Gasteiger partial charge on any atom is -0.497 e. The molecule has 9 rings (SSSR count). The van der Waals surface area contributed by atoms with Gasteiger partial charge in [0.15, 0.2) is 0 Å². The summed E-state index contributed by atoms with van der Waals surface area (Å²) in [7, 11) is 3.36. The zero-order valence-electron chi connectivity index (χ0n) is 70.4. The van der Waals surface area contributed by atoms with E-state index in [1.807, 2.05) is 118 Å². The number of rotatable bonds is 17. The Balaban J connectivity index is 0.00000117. The van der Waals surface area contributed by atoms with Crippen LogP contribution in [-0.2, 0) is 6.42 Å². The molecule has 12 heteroatoms. The molecule has 0 unspecified atom stereocenters. The lowest BCUT2D eigenvalue weighted by molar-refractivity contribution is -0.141. The first-order valence-corrected chi connectivity index (χ1v) is 40.4. The lowest BCUT2D eigenvalue weighted by Gasteiger charge is -2.17. The number of alkyl halides is 3. The number of nitrogen functional groups attached to an aromatic ring is 1. The number of hydrogen-bond acceptors (Lipinski definition) is 6. The van der Waals surface area contributed by atoms with E-state index in [1.54, 1.807) is 45.8 Å². The van der Waals surface area contributed by atoms with Crippen molar-refractivity contribution < 1.29 is 31.4 Å². The van der Waals surface area contributed by atoms with E-state index in [-0.39, 0.29) is 29.4 Å². The molecule has 1 heterocycles. The van der Waals surface area contributed by atoms with Crippen molar-refractivity contribution in [2.45, 2.75) is 257 Å². The largest absolute Gasteiger partial charge is 0.497 e. The maximum Gasteiger partial charge on any atom is 0.389 e. The average Bonchev–Trinajstić information content (AvgIpc) is 1.84. The van der Waals surface area contributed by atoms with Crippen LogP contribution in [0.25, 0.3) is 0 Å². The molecule has 0 amide bonds. The molecule has 0 atom stereocenters. The third-order valence-electron chi connectivity index (χ3n) is 16.3. The summed E-state index contributed by atoms with van der Waals surface area (Å²) in [5.74, 6) is 7.26. The van der Waals surface area contributed by atoms with E-state index in [1.165, 1.54) is 72.8 Å². The van der Waals surface area contributed by atoms with Crippen LogP contribution in [0.5, 0.6) is 11.5 Å². The maximum absolute atomic E-state index is 13.5. The van der Waals surface area contributed by atoms with Crippen LogP contribution >= 0.6 is 34.7 Å². The number of halogens is 6. The topological polar surface area (TPSA) is 56.5 Å². The third kappa shape index (κ3) is 43.7. The zero-order chi connectivity index (χ0) is 81.7. The fraction of sp³-hybridized carbons (Fsp3) is 0.453. The lowest BCUT2D eigenvalue weighted by Crippen LogP contribution is -2.12. The Hall–Kier alpha value is -7.05. The molecule has 1 aromatic heterocycles. The normalized spacial score (nSPS) is 10.7. The Morgan fingerprint density at radius 1 is 0.467 bits per heavy atom. The maximum atomic E-state index is 13.5. The summed E-state index contributed by atoms with van der Waals surface area (Å²) in [6.45, 7) is 54.7. The molecule has 0 saturated carbocycles. The van der Waals surface area contributed by atoms with Crippen LogP contribution in [0.3, 0.4) is 0 Å². The molecule has 4 nitrogen and oxygen atoms in total. The van der Waals surface area contributed by atoms with Gasteiger partial charge in [-0.3, -0.25) is 0 Å². The van der Waals surface area contributed by atoms with Crippen LogP contribution in [0.2, 0.25) is 5.02 Å². The average molecular weight is 1530 g/mol. The summed E-state index contributed by atoms with van der Waals surface area (Å²) in [5.41, 5.74) is 21.5. The highest BCUT2D eigenvalue weighted by molar-refractivity contribution is 7.99. The quantitative estimate of drug-likeness (QED) is 0.0541. The number of para-hydroxylation sites is 1. The van der Waals surface area contributed by atoms with Crippen LogP contribution in [-0.4, -0.2) is 32.2 Å². The second-order valence-electron chi connectivity index (χ2n) is 30.1. The fourth-order valence-electron chi connectivity index (χ4n) is 10.9. The Bertz CT molecular complexity index is 3630. The molecule has 0 bridgehead atoms. The van der Waals surface area contributed by atoms with Gasteiger partial charge in [0, 0.05) is 49.8 Å². The highest BCUT2D eigenvalue weighted by Crippen LogP contribution is 2.33. The molecule has 9 aromatic rings. The van der Waals surface area contributed by atoms with Crippen LogP contribution in [0.1, 0.15) is 279 Å². The Labute approximate surface area is 661 Å². The molecule has 0 saturated heterocycles. The van der Waals surface area contributed by atoms with Crippen molar-refractivity contribution in [3.05, 3.63) is 276 Å². The number of anilines is 2. The summed E-state index contributed by atoms with van der Waals surface area (Å²) in [6.07, 6.45) is -3.46. The summed E-state index contributed by atoms with van der Waals surface area (Å²) >= 11 is 9.51. The number of benzene rings is 8. The Kier molecular flexibility index (Phi) is 50.9. The van der Waals surface area contributed by atoms with Crippen LogP contribution in [0, 0.1) is 44.2 Å². The Morgan fingerprint density at radius 3 is 1.31 bits per heavy atom. The van der Waals surface area contributed by atoms with Gasteiger partial charge in [-0.25, -0.2) is 8.78 Å². The van der Waals surface area contributed by atoms with Gasteiger partial charge in [0.25, 0.3) is 0 Å². The van der Waals surface area contributed by atoms with Crippen molar-refractivity contribution >= 4 is 46.1 Å². The van der Waals surface area contributed by atoms with Crippen LogP contribution in [0.4, 0.5) is 33.3 Å². The van der Waals surface area contributed by atoms with Crippen LogP contribution in [0.15, 0.2) is 198 Å². The smallest absolute Gasteiger partial charge is 0.389 e. The Morgan fingerprint density at radius 2 is 0.935 bits per heavy atom. The van der Waals surface area contributed by atoms with E-state index in [0.717, 1.165) is 50.7 Å². The van der Waals surface area contributed by atoms with Crippen molar-refractivity contribution in [3.63, 3.8) is 0 Å². The highest BCUT2D eigenvalue weighted by Gasteiger charge is 2.28. The van der Waals surface area contributed by atoms with E-state index in [0.29, 0.717) is 41.5 Å². The second-order valence-corrected chi connectivity index (χ2v) is 32.9. The predicted molar refractivity (Wildman–Crippen MR) is 464 cm³/mol. The molecule has 107 heavy (non-hydrogen) atoms. The standard InChI is InChI=1S/C12H18FN.C11H16O2.C11H16S.2C10H14.C9H11Cl.C9H11F.C9H13N.C9H14S.C5H9F3/c1-8(2)12-10(13)6-5-7-11(12)14-9(3)4;1-8(2)10-7-9(12-3)5-6-11(10)13-4;1-4-12-11-8-6-5-7-10(11)9(2)3;1-8(2)10-6-4-9(3)5-7-10;1-9(2)8-10-6-4-3-5-7-10;1-7(2)8-3-5-9(10)6-4-8;2*1-7(2)8-5-3-4-6-9(8)10;1-6(2)9-7(3)5-10-8(9)4;1-4(2)3-5(6,7)8/h5-9,14H,1-4H3;5-8H,1-4H3;5-9H,4H2,1-3H3;4-8H,1-3H3;3-7,9H,8H2,1-2H3;2*3-7H,1-2H3;3-7H,10H2,1-2H3;5-6H,1-4H3;4H,3H2,1-2H3. The molecule has 8 aromatic carbocycles. The summed E-state index contributed by atoms with van der Waals surface area (Å²) < 4.78 is 70.7. The van der Waals surface area contributed by atoms with E-state index in [9.17, 15) is 22.0 Å². The van der Waals surface area contributed by atoms with E-state index in [2.05, 4.69) is 246 Å². The van der Waals surface area contributed by atoms with E-state index in [4.69, 9.17) is 26.8 Å². The number of nitrogens with two attached hydrogens (primary N) is 1. The summed E-state index contributed by atoms with van der Waals surface area (Å²) in [5, 5.41) is 6.31. The van der Waals surface area contributed by atoms with Gasteiger partial charge < -0.3 is 20.5 Å². The van der Waals surface area contributed by atoms with Crippen molar-refractivity contribution in [1.82, 2.24) is 0 Å². The predicted octanol–water partition coefficient (Wildman–Crippen LogP) is 31.4. The van der Waals surface area contributed by atoms with Crippen molar-refractivity contribution in [2.24, 2.45) is 11.8 Å². The number of aryl methyl sites for hydroxylation is 3. The molecular weight excluding hydrogens is 1400 g/mol. The number of thioether (sulfide) groups is 1.